The summed E-state index contributed by atoms with van der Waals surface area (Å²) in [4.78, 5) is 47.4. The predicted molar refractivity (Wildman–Crippen MR) is 96.9 cm³/mol. The zero-order valence-electron chi connectivity index (χ0n) is 15.5. The van der Waals surface area contributed by atoms with Crippen molar-refractivity contribution in [3.05, 3.63) is 29.8 Å². The van der Waals surface area contributed by atoms with Crippen molar-refractivity contribution in [1.82, 2.24) is 0 Å². The van der Waals surface area contributed by atoms with Crippen molar-refractivity contribution in [1.29, 1.82) is 0 Å². The molecule has 1 saturated carbocycles. The number of ketones is 3. The Morgan fingerprint density at radius 1 is 1.12 bits per heavy atom. The van der Waals surface area contributed by atoms with Gasteiger partial charge in [-0.2, -0.15) is 0 Å². The van der Waals surface area contributed by atoms with Crippen LogP contribution in [0, 0.1) is 5.41 Å². The third kappa shape index (κ3) is 4.87. The molecule has 0 aromatic heterocycles. The highest BCUT2D eigenvalue weighted by Crippen LogP contribution is 2.39. The molecule has 1 aromatic rings. The molecule has 5 heteroatoms. The lowest BCUT2D eigenvalue weighted by atomic mass is 9.77. The highest BCUT2D eigenvalue weighted by atomic mass is 16.5. The third-order valence-corrected chi connectivity index (χ3v) is 5.16. The molecule has 0 unspecified atom stereocenters. The monoisotopic (exact) mass is 358 g/mol. The maximum atomic E-state index is 12.2. The molecule has 1 aliphatic carbocycles. The number of carbonyl (C=O) groups excluding carboxylic acids is 4. The molecule has 0 heterocycles. The number of benzene rings is 1. The fraction of sp³-hybridized carbons (Fsp3) is 0.524. The largest absolute Gasteiger partial charge is 0.427 e. The first-order chi connectivity index (χ1) is 12.4. The summed E-state index contributed by atoms with van der Waals surface area (Å²) in [5.41, 5.74) is 0.0938. The van der Waals surface area contributed by atoms with Gasteiger partial charge in [0.05, 0.1) is 5.41 Å². The average molecular weight is 358 g/mol. The first-order valence-corrected chi connectivity index (χ1v) is 9.23. The second-order valence-electron chi connectivity index (χ2n) is 6.92. The van der Waals surface area contributed by atoms with Crippen molar-refractivity contribution in [2.24, 2.45) is 5.41 Å². The Kier molecular flexibility index (Phi) is 6.83. The molecular formula is C21H26O5. The van der Waals surface area contributed by atoms with E-state index in [2.05, 4.69) is 0 Å². The van der Waals surface area contributed by atoms with Crippen molar-refractivity contribution in [2.75, 3.05) is 0 Å². The van der Waals surface area contributed by atoms with Crippen molar-refractivity contribution in [3.8, 4) is 5.75 Å². The van der Waals surface area contributed by atoms with Gasteiger partial charge in [0.1, 0.15) is 23.1 Å². The molecule has 0 N–H and O–H groups in total. The number of esters is 1. The van der Waals surface area contributed by atoms with Gasteiger partial charge in [0.2, 0.25) is 0 Å². The summed E-state index contributed by atoms with van der Waals surface area (Å²) >= 11 is 0. The van der Waals surface area contributed by atoms with Gasteiger partial charge < -0.3 is 4.74 Å². The summed E-state index contributed by atoms with van der Waals surface area (Å²) in [5.74, 6) is 0.226. The molecular weight excluding hydrogens is 332 g/mol. The lowest BCUT2D eigenvalue weighted by Gasteiger charge is -2.23. The van der Waals surface area contributed by atoms with E-state index in [0.29, 0.717) is 50.7 Å². The van der Waals surface area contributed by atoms with Crippen LogP contribution in [-0.4, -0.2) is 23.3 Å². The van der Waals surface area contributed by atoms with E-state index < -0.39 is 5.41 Å². The van der Waals surface area contributed by atoms with Crippen LogP contribution < -0.4 is 4.74 Å². The Balaban J connectivity index is 1.80. The molecule has 1 aromatic carbocycles. The molecule has 2 rings (SSSR count). The van der Waals surface area contributed by atoms with Crippen LogP contribution in [-0.2, 0) is 25.6 Å². The fourth-order valence-electron chi connectivity index (χ4n) is 3.61. The van der Waals surface area contributed by atoms with Crippen molar-refractivity contribution < 1.29 is 23.9 Å². The molecule has 1 aliphatic rings. The van der Waals surface area contributed by atoms with Crippen LogP contribution in [0.3, 0.4) is 0 Å². The number of rotatable bonds is 9. The first kappa shape index (κ1) is 20.0. The zero-order chi connectivity index (χ0) is 19.2. The minimum absolute atomic E-state index is 0.0000799. The van der Waals surface area contributed by atoms with Gasteiger partial charge in [-0.15, -0.1) is 0 Å². The second kappa shape index (κ2) is 8.88. The number of carbonyl (C=O) groups is 4. The molecule has 0 atom stereocenters. The summed E-state index contributed by atoms with van der Waals surface area (Å²) in [6.45, 7) is 3.20. The number of Topliss-reactive ketones (excluding diaryl/α,β-unsaturated/α-hetero) is 3. The van der Waals surface area contributed by atoms with Gasteiger partial charge in [0.15, 0.2) is 0 Å². The Bertz CT molecular complexity index is 688. The van der Waals surface area contributed by atoms with Gasteiger partial charge in [-0.3, -0.25) is 19.2 Å². The van der Waals surface area contributed by atoms with E-state index in [1.165, 1.54) is 6.92 Å². The summed E-state index contributed by atoms with van der Waals surface area (Å²) < 4.78 is 5.05. The standard InChI is InChI=1S/C21H26O5/c1-3-21(19(24)10-11-20(21)25)13-12-17(23)8-4-6-16-7-5-9-18(14-16)26-15(2)22/h5,7,9,14H,3-4,6,8,10-13H2,1-2H3. The minimum Gasteiger partial charge on any atom is -0.427 e. The maximum Gasteiger partial charge on any atom is 0.308 e. The highest BCUT2D eigenvalue weighted by Gasteiger charge is 2.47. The van der Waals surface area contributed by atoms with Crippen LogP contribution in [0.4, 0.5) is 0 Å². The van der Waals surface area contributed by atoms with Crippen LogP contribution >= 0.6 is 0 Å². The number of ether oxygens (including phenoxy) is 1. The zero-order valence-corrected chi connectivity index (χ0v) is 15.5. The SMILES string of the molecule is CCC1(CCC(=O)CCCc2cccc(OC(C)=O)c2)C(=O)CCC1=O. The summed E-state index contributed by atoms with van der Waals surface area (Å²) in [7, 11) is 0. The number of aryl methyl sites for hydroxylation is 1. The van der Waals surface area contributed by atoms with E-state index in [1.807, 2.05) is 19.1 Å². The molecule has 0 saturated heterocycles. The van der Waals surface area contributed by atoms with Gasteiger partial charge in [-0.1, -0.05) is 19.1 Å². The molecule has 0 radical (unpaired) electrons. The third-order valence-electron chi connectivity index (χ3n) is 5.16. The lowest BCUT2D eigenvalue weighted by molar-refractivity contribution is -0.136. The van der Waals surface area contributed by atoms with Crippen LogP contribution in [0.25, 0.3) is 0 Å². The Morgan fingerprint density at radius 2 is 1.81 bits per heavy atom. The lowest BCUT2D eigenvalue weighted by Crippen LogP contribution is -2.32. The van der Waals surface area contributed by atoms with Gasteiger partial charge in [-0.05, 0) is 43.4 Å². The molecule has 0 amide bonds. The second-order valence-corrected chi connectivity index (χ2v) is 6.92. The number of hydrogen-bond acceptors (Lipinski definition) is 5. The van der Waals surface area contributed by atoms with E-state index in [0.717, 1.165) is 5.56 Å². The van der Waals surface area contributed by atoms with E-state index in [4.69, 9.17) is 4.74 Å². The smallest absolute Gasteiger partial charge is 0.308 e. The highest BCUT2D eigenvalue weighted by molar-refractivity contribution is 6.13. The summed E-state index contributed by atoms with van der Waals surface area (Å²) in [5, 5.41) is 0. The predicted octanol–water partition coefficient (Wildman–Crippen LogP) is 3.61. The number of hydrogen-bond donors (Lipinski definition) is 0. The van der Waals surface area contributed by atoms with Crippen LogP contribution in [0.5, 0.6) is 5.75 Å². The molecule has 0 aliphatic heterocycles. The normalized spacial score (nSPS) is 15.9. The fourth-order valence-corrected chi connectivity index (χ4v) is 3.61. The molecule has 140 valence electrons. The minimum atomic E-state index is -0.909. The van der Waals surface area contributed by atoms with Crippen LogP contribution in [0.1, 0.15) is 64.4 Å². The van der Waals surface area contributed by atoms with E-state index in [-0.39, 0.29) is 29.7 Å². The molecule has 0 spiro atoms. The quantitative estimate of drug-likeness (QED) is 0.383. The molecule has 26 heavy (non-hydrogen) atoms. The van der Waals surface area contributed by atoms with Gasteiger partial charge >= 0.3 is 5.97 Å². The average Bonchev–Trinajstić information content (AvgIpc) is 2.88. The molecule has 1 fully saturated rings. The summed E-state index contributed by atoms with van der Waals surface area (Å²) in [6, 6.07) is 7.26. The van der Waals surface area contributed by atoms with Crippen molar-refractivity contribution >= 4 is 23.3 Å². The Morgan fingerprint density at radius 3 is 2.42 bits per heavy atom. The van der Waals surface area contributed by atoms with Gasteiger partial charge in [0, 0.05) is 32.6 Å². The van der Waals surface area contributed by atoms with Crippen molar-refractivity contribution in [2.45, 2.75) is 65.2 Å². The van der Waals surface area contributed by atoms with E-state index in [1.54, 1.807) is 12.1 Å². The van der Waals surface area contributed by atoms with E-state index >= 15 is 0 Å². The van der Waals surface area contributed by atoms with Crippen LogP contribution in [0.15, 0.2) is 24.3 Å². The van der Waals surface area contributed by atoms with E-state index in [9.17, 15) is 19.2 Å². The topological polar surface area (TPSA) is 77.5 Å². The molecule has 0 bridgehead atoms. The Labute approximate surface area is 154 Å². The van der Waals surface area contributed by atoms with Gasteiger partial charge in [-0.25, -0.2) is 0 Å². The summed E-state index contributed by atoms with van der Waals surface area (Å²) in [6.07, 6.45) is 3.56. The van der Waals surface area contributed by atoms with Gasteiger partial charge in [0.25, 0.3) is 0 Å². The van der Waals surface area contributed by atoms with Crippen LogP contribution in [0.2, 0.25) is 0 Å². The molecule has 5 nitrogen and oxygen atoms in total. The van der Waals surface area contributed by atoms with Crippen molar-refractivity contribution in [3.63, 3.8) is 0 Å². The first-order valence-electron chi connectivity index (χ1n) is 9.23. The maximum absolute atomic E-state index is 12.2. The Hall–Kier alpha value is -2.30.